The summed E-state index contributed by atoms with van der Waals surface area (Å²) in [7, 11) is 1.83. The summed E-state index contributed by atoms with van der Waals surface area (Å²) < 4.78 is 0. The monoisotopic (exact) mass is 369 g/mol. The second-order valence-corrected chi connectivity index (χ2v) is 7.68. The van der Waals surface area contributed by atoms with E-state index in [1.165, 1.54) is 25.0 Å². The molecule has 1 atom stereocenters. The van der Waals surface area contributed by atoms with Gasteiger partial charge in [-0.05, 0) is 56.6 Å². The number of carbonyl (C=O) groups excluding carboxylic acids is 2. The van der Waals surface area contributed by atoms with Crippen LogP contribution in [0.1, 0.15) is 57.1 Å². The number of amides is 2. The van der Waals surface area contributed by atoms with Gasteiger partial charge in [0.15, 0.2) is 0 Å². The highest BCUT2D eigenvalue weighted by Crippen LogP contribution is 2.35. The van der Waals surface area contributed by atoms with Gasteiger partial charge in [0.25, 0.3) is 0 Å². The Bertz CT molecular complexity index is 671. The summed E-state index contributed by atoms with van der Waals surface area (Å²) in [5.41, 5.74) is 2.25. The number of hydrogen-bond donors (Lipinski definition) is 0. The highest BCUT2D eigenvalue weighted by atomic mass is 16.2. The predicted molar refractivity (Wildman–Crippen MR) is 106 cm³/mol. The lowest BCUT2D eigenvalue weighted by molar-refractivity contribution is -0.131. The van der Waals surface area contributed by atoms with Crippen molar-refractivity contribution >= 4 is 11.8 Å². The van der Waals surface area contributed by atoms with Gasteiger partial charge in [-0.15, -0.1) is 0 Å². The standard InChI is InChI=1S/C22H31N3O2/c1-24(17-14-19-10-4-5-15-23-19)21(26)12-6-13-22(27)25-16-7-9-18-8-2-3-11-20(18)25/h4-5,10-11,15,18H,2-3,6-9,12-14,16-17H2,1H3. The molecule has 2 heterocycles. The number of nitrogens with zero attached hydrogens (tertiary/aromatic N) is 3. The molecule has 3 rings (SSSR count). The minimum Gasteiger partial charge on any atom is -0.345 e. The molecule has 146 valence electrons. The fraction of sp³-hybridized carbons (Fsp3) is 0.591. The summed E-state index contributed by atoms with van der Waals surface area (Å²) in [5.74, 6) is 0.875. The number of pyridine rings is 1. The normalized spacial score (nSPS) is 19.2. The smallest absolute Gasteiger partial charge is 0.226 e. The lowest BCUT2D eigenvalue weighted by atomic mass is 9.85. The number of hydrogen-bond acceptors (Lipinski definition) is 3. The van der Waals surface area contributed by atoms with Crippen molar-refractivity contribution in [1.29, 1.82) is 0 Å². The molecular formula is C22H31N3O2. The first-order chi connectivity index (χ1) is 13.1. The van der Waals surface area contributed by atoms with Crippen LogP contribution in [0.5, 0.6) is 0 Å². The number of likely N-dealkylation sites (tertiary alicyclic amines) is 1. The first-order valence-corrected chi connectivity index (χ1v) is 10.3. The second kappa shape index (κ2) is 9.67. The van der Waals surface area contributed by atoms with Gasteiger partial charge < -0.3 is 9.80 Å². The number of likely N-dealkylation sites (N-methyl/N-ethyl adjacent to an activating group) is 1. The molecule has 2 amide bonds. The topological polar surface area (TPSA) is 53.5 Å². The fourth-order valence-corrected chi connectivity index (χ4v) is 4.11. The van der Waals surface area contributed by atoms with E-state index in [4.69, 9.17) is 0 Å². The Morgan fingerprint density at radius 1 is 1.22 bits per heavy atom. The molecule has 2 aliphatic rings. The zero-order valence-electron chi connectivity index (χ0n) is 16.4. The molecular weight excluding hydrogens is 338 g/mol. The van der Waals surface area contributed by atoms with Crippen LogP contribution < -0.4 is 0 Å². The van der Waals surface area contributed by atoms with Crippen LogP contribution >= 0.6 is 0 Å². The van der Waals surface area contributed by atoms with Crippen molar-refractivity contribution in [3.63, 3.8) is 0 Å². The van der Waals surface area contributed by atoms with Crippen LogP contribution in [0.25, 0.3) is 0 Å². The maximum absolute atomic E-state index is 12.7. The van der Waals surface area contributed by atoms with Crippen LogP contribution in [-0.2, 0) is 16.0 Å². The maximum Gasteiger partial charge on any atom is 0.226 e. The Morgan fingerprint density at radius 2 is 2.07 bits per heavy atom. The minimum absolute atomic E-state index is 0.104. The van der Waals surface area contributed by atoms with E-state index in [1.807, 2.05) is 30.1 Å². The first-order valence-electron chi connectivity index (χ1n) is 10.3. The van der Waals surface area contributed by atoms with Crippen molar-refractivity contribution < 1.29 is 9.59 Å². The zero-order chi connectivity index (χ0) is 19.1. The van der Waals surface area contributed by atoms with Crippen LogP contribution in [0.2, 0.25) is 0 Å². The number of carbonyl (C=O) groups is 2. The largest absolute Gasteiger partial charge is 0.345 e. The first kappa shape index (κ1) is 19.6. The number of allylic oxidation sites excluding steroid dienone is 2. The van der Waals surface area contributed by atoms with Crippen molar-refractivity contribution in [3.05, 3.63) is 41.9 Å². The van der Waals surface area contributed by atoms with Crippen molar-refractivity contribution in [2.75, 3.05) is 20.1 Å². The Kier molecular flexibility index (Phi) is 7.02. The van der Waals surface area contributed by atoms with E-state index in [1.54, 1.807) is 11.1 Å². The highest BCUT2D eigenvalue weighted by molar-refractivity contribution is 5.80. The van der Waals surface area contributed by atoms with E-state index in [-0.39, 0.29) is 11.8 Å². The molecule has 1 aliphatic heterocycles. The third kappa shape index (κ3) is 5.41. The molecule has 1 fully saturated rings. The lowest BCUT2D eigenvalue weighted by Crippen LogP contribution is -2.39. The van der Waals surface area contributed by atoms with Crippen LogP contribution in [0.3, 0.4) is 0 Å². The van der Waals surface area contributed by atoms with E-state index in [0.29, 0.717) is 31.7 Å². The SMILES string of the molecule is CN(CCc1ccccn1)C(=O)CCCC(=O)N1CCCC2CCCC=C21. The van der Waals surface area contributed by atoms with E-state index in [9.17, 15) is 9.59 Å². The maximum atomic E-state index is 12.7. The molecule has 5 heteroatoms. The fourth-order valence-electron chi connectivity index (χ4n) is 4.11. The van der Waals surface area contributed by atoms with Crippen molar-refractivity contribution in [2.45, 2.75) is 57.8 Å². The van der Waals surface area contributed by atoms with Crippen LogP contribution in [0.4, 0.5) is 0 Å². The lowest BCUT2D eigenvalue weighted by Gasteiger charge is -2.38. The molecule has 1 aromatic heterocycles. The molecule has 1 aromatic rings. The summed E-state index contributed by atoms with van der Waals surface area (Å²) >= 11 is 0. The molecule has 0 N–H and O–H groups in total. The molecule has 5 nitrogen and oxygen atoms in total. The average molecular weight is 370 g/mol. The summed E-state index contributed by atoms with van der Waals surface area (Å²) in [6.07, 6.45) is 12.2. The quantitative estimate of drug-likeness (QED) is 0.738. The van der Waals surface area contributed by atoms with Gasteiger partial charge in [-0.2, -0.15) is 0 Å². The Balaban J connectivity index is 1.40. The third-order valence-corrected chi connectivity index (χ3v) is 5.71. The van der Waals surface area contributed by atoms with E-state index in [2.05, 4.69) is 11.1 Å². The number of fused-ring (bicyclic) bond motifs is 1. The van der Waals surface area contributed by atoms with Crippen molar-refractivity contribution in [1.82, 2.24) is 14.8 Å². The van der Waals surface area contributed by atoms with Gasteiger partial charge in [0.1, 0.15) is 0 Å². The second-order valence-electron chi connectivity index (χ2n) is 7.68. The van der Waals surface area contributed by atoms with Crippen molar-refractivity contribution in [3.8, 4) is 0 Å². The molecule has 0 bridgehead atoms. The van der Waals surface area contributed by atoms with Crippen LogP contribution in [0, 0.1) is 5.92 Å². The van der Waals surface area contributed by atoms with Gasteiger partial charge in [0.05, 0.1) is 0 Å². The Labute approximate surface area is 162 Å². The Morgan fingerprint density at radius 3 is 2.89 bits per heavy atom. The zero-order valence-corrected chi connectivity index (χ0v) is 16.4. The van der Waals surface area contributed by atoms with Gasteiger partial charge >= 0.3 is 0 Å². The predicted octanol–water partition coefficient (Wildman–Crippen LogP) is 3.56. The molecule has 1 unspecified atom stereocenters. The highest BCUT2D eigenvalue weighted by Gasteiger charge is 2.29. The Hall–Kier alpha value is -2.17. The summed E-state index contributed by atoms with van der Waals surface area (Å²) in [4.78, 5) is 33.0. The number of rotatable bonds is 7. The molecule has 27 heavy (non-hydrogen) atoms. The molecule has 1 aliphatic carbocycles. The number of aromatic nitrogens is 1. The van der Waals surface area contributed by atoms with Gasteiger partial charge in [-0.25, -0.2) is 0 Å². The van der Waals surface area contributed by atoms with Crippen LogP contribution in [-0.4, -0.2) is 46.7 Å². The summed E-state index contributed by atoms with van der Waals surface area (Å²) in [5, 5.41) is 0. The van der Waals surface area contributed by atoms with Crippen LogP contribution in [0.15, 0.2) is 36.2 Å². The minimum atomic E-state index is 0.104. The summed E-state index contributed by atoms with van der Waals surface area (Å²) in [6, 6.07) is 5.83. The molecule has 0 saturated carbocycles. The molecule has 0 spiro atoms. The third-order valence-electron chi connectivity index (χ3n) is 5.71. The van der Waals surface area contributed by atoms with Gasteiger partial charge in [0.2, 0.25) is 11.8 Å². The molecule has 0 radical (unpaired) electrons. The van der Waals surface area contributed by atoms with Gasteiger partial charge in [-0.1, -0.05) is 12.1 Å². The molecule has 0 aromatic carbocycles. The average Bonchev–Trinajstić information content (AvgIpc) is 2.72. The van der Waals surface area contributed by atoms with Gasteiger partial charge in [-0.3, -0.25) is 14.6 Å². The van der Waals surface area contributed by atoms with E-state index < -0.39 is 0 Å². The summed E-state index contributed by atoms with van der Waals surface area (Å²) in [6.45, 7) is 1.50. The number of piperidine rings is 1. The van der Waals surface area contributed by atoms with E-state index in [0.717, 1.165) is 31.5 Å². The van der Waals surface area contributed by atoms with Crippen molar-refractivity contribution in [2.24, 2.45) is 5.92 Å². The van der Waals surface area contributed by atoms with E-state index >= 15 is 0 Å². The van der Waals surface area contributed by atoms with Gasteiger partial charge in [0, 0.05) is 57.0 Å². The molecule has 1 saturated heterocycles.